The van der Waals surface area contributed by atoms with Gasteiger partial charge in [0.1, 0.15) is 12.3 Å². The van der Waals surface area contributed by atoms with Crippen molar-refractivity contribution in [2.45, 2.75) is 26.0 Å². The minimum atomic E-state index is -0.963. The number of rotatable bonds is 7. The van der Waals surface area contributed by atoms with Crippen molar-refractivity contribution < 1.29 is 28.2 Å². The van der Waals surface area contributed by atoms with Gasteiger partial charge in [0.05, 0.1) is 18.7 Å². The van der Waals surface area contributed by atoms with Crippen LogP contribution in [0.25, 0.3) is 0 Å². The molecule has 0 bridgehead atoms. The highest BCUT2D eigenvalue weighted by Gasteiger charge is 2.26. The number of nitrogens with zero attached hydrogens (tertiary/aromatic N) is 3. The summed E-state index contributed by atoms with van der Waals surface area (Å²) in [5, 5.41) is 16.5. The fourth-order valence-electron chi connectivity index (χ4n) is 2.72. The van der Waals surface area contributed by atoms with Crippen molar-refractivity contribution in [1.29, 1.82) is 0 Å². The van der Waals surface area contributed by atoms with Crippen molar-refractivity contribution in [2.75, 3.05) is 18.4 Å². The first kappa shape index (κ1) is 20.5. The molecule has 0 fully saturated rings. The zero-order valence-corrected chi connectivity index (χ0v) is 15.9. The molecule has 8 nitrogen and oxygen atoms in total. The van der Waals surface area contributed by atoms with Crippen molar-refractivity contribution in [2.24, 2.45) is 0 Å². The van der Waals surface area contributed by atoms with Crippen LogP contribution in [0.1, 0.15) is 13.8 Å². The highest BCUT2D eigenvalue weighted by Crippen LogP contribution is 2.25. The lowest BCUT2D eigenvalue weighted by Crippen LogP contribution is -2.35. The van der Waals surface area contributed by atoms with Crippen molar-refractivity contribution in [1.82, 2.24) is 14.7 Å². The fraction of sp³-hybridized carbons (Fsp3) is 0.316. The number of carbonyl (C=O) groups is 2. The van der Waals surface area contributed by atoms with Gasteiger partial charge in [0, 0.05) is 18.3 Å². The molecule has 3 rings (SSSR count). The number of carbonyl (C=O) groups excluding carboxylic acids is 2. The van der Waals surface area contributed by atoms with Crippen LogP contribution in [0.15, 0.2) is 42.3 Å². The van der Waals surface area contributed by atoms with Crippen LogP contribution in [0.5, 0.6) is 5.75 Å². The summed E-state index contributed by atoms with van der Waals surface area (Å²) in [6, 6.07) is 4.84. The minimum Gasteiger partial charge on any atom is -0.453 e. The Balaban J connectivity index is 1.55. The first-order valence-corrected chi connectivity index (χ1v) is 8.78. The lowest BCUT2D eigenvalue weighted by atomic mass is 10.1. The van der Waals surface area contributed by atoms with Gasteiger partial charge in [-0.3, -0.25) is 14.3 Å². The van der Waals surface area contributed by atoms with E-state index in [0.29, 0.717) is 0 Å². The van der Waals surface area contributed by atoms with E-state index >= 15 is 0 Å². The van der Waals surface area contributed by atoms with E-state index in [-0.39, 0.29) is 31.2 Å². The van der Waals surface area contributed by atoms with Crippen molar-refractivity contribution >= 4 is 17.6 Å². The van der Waals surface area contributed by atoms with Crippen LogP contribution >= 0.6 is 0 Å². The number of hydrogen-bond donors (Lipinski definition) is 2. The zero-order valence-electron chi connectivity index (χ0n) is 15.9. The minimum absolute atomic E-state index is 0.0289. The topological polar surface area (TPSA) is 96.7 Å². The van der Waals surface area contributed by atoms with E-state index in [1.807, 2.05) is 0 Å². The average molecular weight is 406 g/mol. The smallest absolute Gasteiger partial charge is 0.250 e. The molecule has 1 aliphatic rings. The third kappa shape index (κ3) is 5.38. The van der Waals surface area contributed by atoms with Crippen LogP contribution in [-0.2, 0) is 16.1 Å². The second-order valence-corrected chi connectivity index (χ2v) is 7.22. The van der Waals surface area contributed by atoms with E-state index in [9.17, 15) is 23.5 Å². The van der Waals surface area contributed by atoms with Gasteiger partial charge in [0.2, 0.25) is 5.91 Å². The molecule has 0 unspecified atom stereocenters. The number of ether oxygens (including phenoxy) is 1. The van der Waals surface area contributed by atoms with Gasteiger partial charge in [-0.05, 0) is 26.0 Å². The Morgan fingerprint density at radius 2 is 2.00 bits per heavy atom. The van der Waals surface area contributed by atoms with Gasteiger partial charge in [-0.1, -0.05) is 6.07 Å². The van der Waals surface area contributed by atoms with Crippen LogP contribution in [0, 0.1) is 11.6 Å². The molecule has 0 spiro atoms. The SMILES string of the molecule is CC(C)(O)Cn1ccc(NC(=O)CN2CC(Oc3c(F)cccc3F)=CC2=O)n1. The number of nitrogens with one attached hydrogen (secondary N) is 1. The lowest BCUT2D eigenvalue weighted by Gasteiger charge is -2.17. The average Bonchev–Trinajstić information content (AvgIpc) is 3.16. The van der Waals surface area contributed by atoms with Crippen LogP contribution in [0.4, 0.5) is 14.6 Å². The summed E-state index contributed by atoms with van der Waals surface area (Å²) in [7, 11) is 0. The van der Waals surface area contributed by atoms with E-state index < -0.39 is 34.8 Å². The van der Waals surface area contributed by atoms with E-state index in [4.69, 9.17) is 4.74 Å². The Morgan fingerprint density at radius 1 is 1.31 bits per heavy atom. The first-order valence-electron chi connectivity index (χ1n) is 8.78. The number of aromatic nitrogens is 2. The van der Waals surface area contributed by atoms with Crippen LogP contribution < -0.4 is 10.1 Å². The molecule has 10 heteroatoms. The molecule has 0 saturated carbocycles. The summed E-state index contributed by atoms with van der Waals surface area (Å²) in [6.45, 7) is 3.11. The van der Waals surface area contributed by atoms with E-state index in [1.165, 1.54) is 10.7 Å². The highest BCUT2D eigenvalue weighted by molar-refractivity contribution is 5.97. The standard InChI is InChI=1S/C19H20F2N4O4/c1-19(2,28)11-25-7-6-15(23-25)22-16(26)10-24-9-12(8-17(24)27)29-18-13(20)4-3-5-14(18)21/h3-8,28H,9-11H2,1-2H3,(H,22,23,26). The molecule has 154 valence electrons. The molecule has 1 aromatic carbocycles. The van der Waals surface area contributed by atoms with Gasteiger partial charge in [-0.2, -0.15) is 5.10 Å². The van der Waals surface area contributed by atoms with Crippen molar-refractivity contribution in [3.05, 3.63) is 53.9 Å². The van der Waals surface area contributed by atoms with Gasteiger partial charge >= 0.3 is 0 Å². The van der Waals surface area contributed by atoms with Gasteiger partial charge in [-0.25, -0.2) is 8.78 Å². The monoisotopic (exact) mass is 406 g/mol. The Labute approximate surface area is 165 Å². The van der Waals surface area contributed by atoms with Gasteiger partial charge in [0.15, 0.2) is 23.2 Å². The summed E-state index contributed by atoms with van der Waals surface area (Å²) in [4.78, 5) is 25.4. The number of halogens is 2. The van der Waals surface area contributed by atoms with Crippen LogP contribution in [0.3, 0.4) is 0 Å². The number of benzene rings is 1. The summed E-state index contributed by atoms with van der Waals surface area (Å²) < 4.78 is 34.0. The maximum atomic E-state index is 13.7. The Hall–Kier alpha value is -3.27. The van der Waals surface area contributed by atoms with Crippen LogP contribution in [-0.4, -0.2) is 50.3 Å². The fourth-order valence-corrected chi connectivity index (χ4v) is 2.72. The first-order chi connectivity index (χ1) is 13.6. The molecule has 2 amide bonds. The quantitative estimate of drug-likeness (QED) is 0.729. The highest BCUT2D eigenvalue weighted by atomic mass is 19.1. The van der Waals surface area contributed by atoms with Gasteiger partial charge < -0.3 is 20.1 Å². The maximum absolute atomic E-state index is 13.7. The van der Waals surface area contributed by atoms with Gasteiger partial charge in [0.25, 0.3) is 5.91 Å². The van der Waals surface area contributed by atoms with Crippen LogP contribution in [0.2, 0.25) is 0 Å². The lowest BCUT2D eigenvalue weighted by molar-refractivity contribution is -0.129. The maximum Gasteiger partial charge on any atom is 0.250 e. The third-order valence-corrected chi connectivity index (χ3v) is 3.89. The predicted octanol–water partition coefficient (Wildman–Crippen LogP) is 1.68. The molecule has 0 atom stereocenters. The molecule has 1 aliphatic heterocycles. The molecule has 2 aromatic rings. The number of anilines is 1. The molecule has 29 heavy (non-hydrogen) atoms. The number of para-hydroxylation sites is 1. The predicted molar refractivity (Wildman–Crippen MR) is 98.8 cm³/mol. The molecular formula is C19H20F2N4O4. The summed E-state index contributed by atoms with van der Waals surface area (Å²) in [5.74, 6) is -3.11. The molecule has 1 aromatic heterocycles. The van der Waals surface area contributed by atoms with Crippen molar-refractivity contribution in [3.63, 3.8) is 0 Å². The Kier molecular flexibility index (Phi) is 5.64. The second kappa shape index (κ2) is 8.00. The van der Waals surface area contributed by atoms with Crippen molar-refractivity contribution in [3.8, 4) is 5.75 Å². The molecule has 0 aliphatic carbocycles. The van der Waals surface area contributed by atoms with E-state index in [0.717, 1.165) is 23.1 Å². The third-order valence-electron chi connectivity index (χ3n) is 3.89. The summed E-state index contributed by atoms with van der Waals surface area (Å²) in [5.41, 5.74) is -0.963. The van der Waals surface area contributed by atoms with E-state index in [2.05, 4.69) is 10.4 Å². The zero-order chi connectivity index (χ0) is 21.2. The molecular weight excluding hydrogens is 386 g/mol. The number of hydrogen-bond acceptors (Lipinski definition) is 5. The summed E-state index contributed by atoms with van der Waals surface area (Å²) >= 11 is 0. The number of aliphatic hydroxyl groups is 1. The van der Waals surface area contributed by atoms with Gasteiger partial charge in [-0.15, -0.1) is 0 Å². The largest absolute Gasteiger partial charge is 0.453 e. The Bertz CT molecular complexity index is 945. The summed E-state index contributed by atoms with van der Waals surface area (Å²) in [6.07, 6.45) is 2.68. The molecule has 0 saturated heterocycles. The number of amides is 2. The molecule has 2 heterocycles. The van der Waals surface area contributed by atoms with E-state index in [1.54, 1.807) is 26.1 Å². The molecule has 2 N–H and O–H groups in total. The normalized spacial score (nSPS) is 14.2. The second-order valence-electron chi connectivity index (χ2n) is 7.22. The Morgan fingerprint density at radius 3 is 2.66 bits per heavy atom. The molecule has 0 radical (unpaired) electrons.